The van der Waals surface area contributed by atoms with Crippen LogP contribution >= 0.6 is 0 Å². The van der Waals surface area contributed by atoms with Crippen molar-refractivity contribution in [2.45, 2.75) is 33.2 Å². The van der Waals surface area contributed by atoms with Crippen molar-refractivity contribution in [3.05, 3.63) is 35.4 Å². The molecule has 0 heterocycles. The average molecular weight is 235 g/mol. The Balaban J connectivity index is 2.47. The van der Waals surface area contributed by atoms with Gasteiger partial charge in [0.1, 0.15) is 0 Å². The highest BCUT2D eigenvalue weighted by Gasteiger charge is 2.13. The molecule has 0 spiro atoms. The molecule has 3 heteroatoms. The van der Waals surface area contributed by atoms with E-state index in [1.165, 1.54) is 5.56 Å². The summed E-state index contributed by atoms with van der Waals surface area (Å²) in [4.78, 5) is 11.7. The number of carbonyl (C=O) groups excluding carboxylic acids is 1. The van der Waals surface area contributed by atoms with Gasteiger partial charge in [0.05, 0.1) is 6.42 Å². The van der Waals surface area contributed by atoms with Crippen LogP contribution in [0.2, 0.25) is 0 Å². The highest BCUT2D eigenvalue weighted by Crippen LogP contribution is 2.05. The molecular weight excluding hydrogens is 214 g/mol. The van der Waals surface area contributed by atoms with Crippen LogP contribution in [-0.2, 0) is 11.2 Å². The van der Waals surface area contributed by atoms with E-state index in [2.05, 4.69) is 5.32 Å². The molecule has 0 aromatic heterocycles. The Hall–Kier alpha value is -1.35. The zero-order valence-corrected chi connectivity index (χ0v) is 10.7. The van der Waals surface area contributed by atoms with E-state index in [-0.39, 0.29) is 24.5 Å². The normalized spacial score (nSPS) is 14.1. The first-order valence-corrected chi connectivity index (χ1v) is 5.98. The number of carbonyl (C=O) groups is 1. The Morgan fingerprint density at radius 2 is 1.88 bits per heavy atom. The Kier molecular flexibility index (Phi) is 5.16. The summed E-state index contributed by atoms with van der Waals surface area (Å²) in [5.74, 6) is 0.0821. The molecule has 1 aromatic rings. The molecule has 2 unspecified atom stereocenters. The Morgan fingerprint density at radius 3 is 2.41 bits per heavy atom. The lowest BCUT2D eigenvalue weighted by Crippen LogP contribution is -2.39. The number of aliphatic hydroxyl groups is 1. The molecule has 0 saturated heterocycles. The largest absolute Gasteiger partial charge is 0.396 e. The summed E-state index contributed by atoms with van der Waals surface area (Å²) in [6.45, 7) is 5.94. The number of aliphatic hydroxyl groups excluding tert-OH is 1. The lowest BCUT2D eigenvalue weighted by Gasteiger charge is -2.19. The van der Waals surface area contributed by atoms with Crippen LogP contribution in [0.1, 0.15) is 25.0 Å². The number of rotatable bonds is 5. The minimum atomic E-state index is -0.00190. The van der Waals surface area contributed by atoms with Gasteiger partial charge in [-0.15, -0.1) is 0 Å². The number of benzene rings is 1. The highest BCUT2D eigenvalue weighted by atomic mass is 16.3. The van der Waals surface area contributed by atoms with Gasteiger partial charge in [0.15, 0.2) is 0 Å². The zero-order valence-electron chi connectivity index (χ0n) is 10.7. The molecule has 17 heavy (non-hydrogen) atoms. The molecule has 1 aromatic carbocycles. The third-order valence-electron chi connectivity index (χ3n) is 3.02. The topological polar surface area (TPSA) is 49.3 Å². The van der Waals surface area contributed by atoms with E-state index in [1.807, 2.05) is 45.0 Å². The highest BCUT2D eigenvalue weighted by molar-refractivity contribution is 5.78. The first-order chi connectivity index (χ1) is 8.02. The van der Waals surface area contributed by atoms with Crippen molar-refractivity contribution >= 4 is 5.91 Å². The molecule has 0 saturated carbocycles. The smallest absolute Gasteiger partial charge is 0.224 e. The maximum atomic E-state index is 11.7. The molecule has 0 bridgehead atoms. The van der Waals surface area contributed by atoms with Crippen molar-refractivity contribution in [1.29, 1.82) is 0 Å². The molecular formula is C14H21NO2. The third kappa shape index (κ3) is 4.57. The Bertz CT molecular complexity index is 359. The van der Waals surface area contributed by atoms with Gasteiger partial charge in [0.25, 0.3) is 0 Å². The van der Waals surface area contributed by atoms with E-state index in [0.29, 0.717) is 6.42 Å². The fourth-order valence-corrected chi connectivity index (χ4v) is 1.50. The van der Waals surface area contributed by atoms with Crippen molar-refractivity contribution in [2.24, 2.45) is 5.92 Å². The summed E-state index contributed by atoms with van der Waals surface area (Å²) in [7, 11) is 0. The number of aryl methyl sites for hydroxylation is 1. The van der Waals surface area contributed by atoms with Gasteiger partial charge in [-0.3, -0.25) is 4.79 Å². The molecule has 1 amide bonds. The van der Waals surface area contributed by atoms with Crippen molar-refractivity contribution in [3.8, 4) is 0 Å². The molecule has 2 atom stereocenters. The molecule has 0 aliphatic heterocycles. The standard InChI is InChI=1S/C14H21NO2/c1-10-4-6-13(7-5-10)8-14(17)15-12(3)11(2)9-16/h4-7,11-12,16H,8-9H2,1-3H3,(H,15,17). The summed E-state index contributed by atoms with van der Waals surface area (Å²) in [6, 6.07) is 7.94. The molecule has 0 fully saturated rings. The lowest BCUT2D eigenvalue weighted by atomic mass is 10.0. The Labute approximate surface area is 103 Å². The second-order valence-corrected chi connectivity index (χ2v) is 4.68. The van der Waals surface area contributed by atoms with Crippen LogP contribution in [0.25, 0.3) is 0 Å². The number of hydrogen-bond acceptors (Lipinski definition) is 2. The maximum absolute atomic E-state index is 11.7. The monoisotopic (exact) mass is 235 g/mol. The SMILES string of the molecule is Cc1ccc(CC(=O)NC(C)C(C)CO)cc1. The van der Waals surface area contributed by atoms with Gasteiger partial charge in [0.2, 0.25) is 5.91 Å². The summed E-state index contributed by atoms with van der Waals surface area (Å²) in [5, 5.41) is 11.9. The van der Waals surface area contributed by atoms with Gasteiger partial charge >= 0.3 is 0 Å². The molecule has 3 nitrogen and oxygen atoms in total. The number of nitrogens with one attached hydrogen (secondary N) is 1. The predicted molar refractivity (Wildman–Crippen MR) is 68.7 cm³/mol. The maximum Gasteiger partial charge on any atom is 0.224 e. The molecule has 2 N–H and O–H groups in total. The van der Waals surface area contributed by atoms with Crippen LogP contribution in [0, 0.1) is 12.8 Å². The van der Waals surface area contributed by atoms with Crippen LogP contribution in [0.5, 0.6) is 0 Å². The van der Waals surface area contributed by atoms with E-state index in [4.69, 9.17) is 5.11 Å². The summed E-state index contributed by atoms with van der Waals surface area (Å²) in [5.41, 5.74) is 2.20. The fourth-order valence-electron chi connectivity index (χ4n) is 1.50. The van der Waals surface area contributed by atoms with E-state index in [0.717, 1.165) is 5.56 Å². The molecule has 1 rings (SSSR count). The second-order valence-electron chi connectivity index (χ2n) is 4.68. The number of amides is 1. The van der Waals surface area contributed by atoms with E-state index >= 15 is 0 Å². The summed E-state index contributed by atoms with van der Waals surface area (Å²) < 4.78 is 0. The minimum Gasteiger partial charge on any atom is -0.396 e. The van der Waals surface area contributed by atoms with Gasteiger partial charge in [-0.25, -0.2) is 0 Å². The van der Waals surface area contributed by atoms with Crippen LogP contribution < -0.4 is 5.32 Å². The van der Waals surface area contributed by atoms with Crippen molar-refractivity contribution in [3.63, 3.8) is 0 Å². The molecule has 0 radical (unpaired) electrons. The fraction of sp³-hybridized carbons (Fsp3) is 0.500. The average Bonchev–Trinajstić information content (AvgIpc) is 2.30. The quantitative estimate of drug-likeness (QED) is 0.815. The Morgan fingerprint density at radius 1 is 1.29 bits per heavy atom. The van der Waals surface area contributed by atoms with Gasteiger partial charge in [-0.05, 0) is 25.3 Å². The van der Waals surface area contributed by atoms with E-state index < -0.39 is 0 Å². The first kappa shape index (κ1) is 13.7. The van der Waals surface area contributed by atoms with Crippen LogP contribution in [-0.4, -0.2) is 23.7 Å². The summed E-state index contributed by atoms with van der Waals surface area (Å²) >= 11 is 0. The van der Waals surface area contributed by atoms with Gasteiger partial charge in [-0.1, -0.05) is 36.8 Å². The van der Waals surface area contributed by atoms with Gasteiger partial charge in [-0.2, -0.15) is 0 Å². The van der Waals surface area contributed by atoms with E-state index in [1.54, 1.807) is 0 Å². The zero-order chi connectivity index (χ0) is 12.8. The van der Waals surface area contributed by atoms with Crippen molar-refractivity contribution in [2.75, 3.05) is 6.61 Å². The molecule has 0 aliphatic rings. The third-order valence-corrected chi connectivity index (χ3v) is 3.02. The summed E-state index contributed by atoms with van der Waals surface area (Å²) in [6.07, 6.45) is 0.392. The van der Waals surface area contributed by atoms with Crippen LogP contribution in [0.3, 0.4) is 0 Å². The van der Waals surface area contributed by atoms with Gasteiger partial charge < -0.3 is 10.4 Å². The predicted octanol–water partition coefficient (Wildman–Crippen LogP) is 1.67. The molecule has 0 aliphatic carbocycles. The lowest BCUT2D eigenvalue weighted by molar-refractivity contribution is -0.121. The second kappa shape index (κ2) is 6.40. The minimum absolute atomic E-state index is 0.00153. The molecule has 94 valence electrons. The van der Waals surface area contributed by atoms with Crippen molar-refractivity contribution < 1.29 is 9.90 Å². The van der Waals surface area contributed by atoms with Crippen LogP contribution in [0.4, 0.5) is 0 Å². The van der Waals surface area contributed by atoms with Crippen LogP contribution in [0.15, 0.2) is 24.3 Å². The van der Waals surface area contributed by atoms with E-state index in [9.17, 15) is 4.79 Å². The van der Waals surface area contributed by atoms with Crippen molar-refractivity contribution in [1.82, 2.24) is 5.32 Å². The first-order valence-electron chi connectivity index (χ1n) is 5.98. The number of hydrogen-bond donors (Lipinski definition) is 2. The van der Waals surface area contributed by atoms with Gasteiger partial charge in [0, 0.05) is 12.6 Å².